The van der Waals surface area contributed by atoms with E-state index in [1.165, 1.54) is 6.07 Å². The quantitative estimate of drug-likeness (QED) is 0.405. The highest BCUT2D eigenvalue weighted by Crippen LogP contribution is 2.19. The molecule has 0 radical (unpaired) electrons. The second-order valence-electron chi connectivity index (χ2n) is 6.46. The average molecular weight is 371 g/mol. The van der Waals surface area contributed by atoms with Crippen LogP contribution < -0.4 is 5.43 Å². The zero-order chi connectivity index (χ0) is 19.3. The monoisotopic (exact) mass is 371 g/mol. The molecule has 0 saturated heterocycles. The molecule has 3 aromatic carbocycles. The molecule has 1 amide bonds. The third-order valence-corrected chi connectivity index (χ3v) is 4.45. The second kappa shape index (κ2) is 7.88. The van der Waals surface area contributed by atoms with Crippen LogP contribution in [0.1, 0.15) is 21.5 Å². The highest BCUT2D eigenvalue weighted by Gasteiger charge is 2.04. The average Bonchev–Trinajstić information content (AvgIpc) is 3.10. The Labute approximate surface area is 161 Å². The maximum atomic E-state index is 13.4. The van der Waals surface area contributed by atoms with Crippen molar-refractivity contribution in [1.82, 2.24) is 9.99 Å². The van der Waals surface area contributed by atoms with E-state index >= 15 is 0 Å². The van der Waals surface area contributed by atoms with Crippen LogP contribution in [0, 0.1) is 5.82 Å². The summed E-state index contributed by atoms with van der Waals surface area (Å²) in [7, 11) is 0. The Bertz CT molecular complexity index is 1150. The van der Waals surface area contributed by atoms with E-state index < -0.39 is 0 Å². The number of rotatable bonds is 5. The molecule has 0 atom stereocenters. The van der Waals surface area contributed by atoms with Gasteiger partial charge in [-0.3, -0.25) is 4.79 Å². The van der Waals surface area contributed by atoms with Crippen molar-refractivity contribution in [2.75, 3.05) is 0 Å². The fourth-order valence-corrected chi connectivity index (χ4v) is 3.09. The molecule has 1 N–H and O–H groups in total. The minimum Gasteiger partial charge on any atom is -0.343 e. The van der Waals surface area contributed by atoms with Crippen LogP contribution in [-0.4, -0.2) is 16.7 Å². The van der Waals surface area contributed by atoms with E-state index in [-0.39, 0.29) is 11.7 Å². The van der Waals surface area contributed by atoms with Crippen molar-refractivity contribution in [3.8, 4) is 0 Å². The van der Waals surface area contributed by atoms with Gasteiger partial charge in [0.2, 0.25) is 0 Å². The Balaban J connectivity index is 1.47. The van der Waals surface area contributed by atoms with Gasteiger partial charge >= 0.3 is 0 Å². The van der Waals surface area contributed by atoms with E-state index in [2.05, 4.69) is 15.1 Å². The summed E-state index contributed by atoms with van der Waals surface area (Å²) in [4.78, 5) is 12.0. The summed E-state index contributed by atoms with van der Waals surface area (Å²) in [6.07, 6.45) is 3.60. The number of amides is 1. The standard InChI is InChI=1S/C23H18FN3O/c24-21-8-4-5-18(14-21)16-27-12-11-20-13-17(9-10-22(20)27)15-25-26-23(28)19-6-2-1-3-7-19/h1-15H,16H2,(H,26,28)/b25-15+. The molecular formula is C23H18FN3O. The third kappa shape index (κ3) is 3.99. The van der Waals surface area contributed by atoms with Crippen molar-refractivity contribution in [2.24, 2.45) is 5.10 Å². The third-order valence-electron chi connectivity index (χ3n) is 4.45. The molecule has 0 aliphatic heterocycles. The molecule has 28 heavy (non-hydrogen) atoms. The molecule has 1 aromatic heterocycles. The SMILES string of the molecule is O=C(N/N=C/c1ccc2c(ccn2Cc2cccc(F)c2)c1)c1ccccc1. The Kier molecular flexibility index (Phi) is 4.97. The van der Waals surface area contributed by atoms with Crippen molar-refractivity contribution in [3.63, 3.8) is 0 Å². The van der Waals surface area contributed by atoms with Crippen molar-refractivity contribution >= 4 is 23.0 Å². The van der Waals surface area contributed by atoms with Gasteiger partial charge in [0.25, 0.3) is 5.91 Å². The number of benzene rings is 3. The molecule has 1 heterocycles. The topological polar surface area (TPSA) is 46.4 Å². The molecule has 4 nitrogen and oxygen atoms in total. The molecule has 0 aliphatic rings. The van der Waals surface area contributed by atoms with E-state index in [4.69, 9.17) is 0 Å². The predicted octanol–water partition coefficient (Wildman–Crippen LogP) is 4.59. The van der Waals surface area contributed by atoms with Crippen LogP contribution in [0.4, 0.5) is 4.39 Å². The van der Waals surface area contributed by atoms with Gasteiger partial charge in [-0.15, -0.1) is 0 Å². The Morgan fingerprint density at radius 1 is 1.00 bits per heavy atom. The summed E-state index contributed by atoms with van der Waals surface area (Å²) in [6, 6.07) is 23.5. The van der Waals surface area contributed by atoms with Crippen LogP contribution in [0.15, 0.2) is 90.2 Å². The van der Waals surface area contributed by atoms with E-state index in [1.54, 1.807) is 42.6 Å². The van der Waals surface area contributed by atoms with Crippen LogP contribution in [0.3, 0.4) is 0 Å². The van der Waals surface area contributed by atoms with Crippen LogP contribution >= 0.6 is 0 Å². The Morgan fingerprint density at radius 2 is 1.86 bits per heavy atom. The summed E-state index contributed by atoms with van der Waals surface area (Å²) < 4.78 is 15.5. The number of nitrogens with zero attached hydrogens (tertiary/aromatic N) is 2. The number of carbonyl (C=O) groups excluding carboxylic acids is 1. The van der Waals surface area contributed by atoms with Gasteiger partial charge in [-0.05, 0) is 53.6 Å². The lowest BCUT2D eigenvalue weighted by molar-refractivity contribution is 0.0955. The summed E-state index contributed by atoms with van der Waals surface area (Å²) >= 11 is 0. The number of fused-ring (bicyclic) bond motifs is 1. The smallest absolute Gasteiger partial charge is 0.271 e. The van der Waals surface area contributed by atoms with Crippen molar-refractivity contribution in [3.05, 3.63) is 108 Å². The van der Waals surface area contributed by atoms with Crippen molar-refractivity contribution in [1.29, 1.82) is 0 Å². The number of carbonyl (C=O) groups is 1. The Hall–Kier alpha value is -3.73. The lowest BCUT2D eigenvalue weighted by Crippen LogP contribution is -2.17. The maximum absolute atomic E-state index is 13.4. The first-order valence-corrected chi connectivity index (χ1v) is 8.91. The number of aromatic nitrogens is 1. The molecule has 4 rings (SSSR count). The number of hydrogen-bond acceptors (Lipinski definition) is 2. The highest BCUT2D eigenvalue weighted by molar-refractivity contribution is 5.95. The summed E-state index contributed by atoms with van der Waals surface area (Å²) in [5.74, 6) is -0.482. The Morgan fingerprint density at radius 3 is 2.68 bits per heavy atom. The highest BCUT2D eigenvalue weighted by atomic mass is 19.1. The van der Waals surface area contributed by atoms with Gasteiger partial charge in [0.1, 0.15) is 5.82 Å². The van der Waals surface area contributed by atoms with Gasteiger partial charge in [-0.1, -0.05) is 36.4 Å². The van der Waals surface area contributed by atoms with Crippen molar-refractivity contribution < 1.29 is 9.18 Å². The predicted molar refractivity (Wildman–Crippen MR) is 109 cm³/mol. The van der Waals surface area contributed by atoms with Gasteiger partial charge in [0.05, 0.1) is 6.21 Å². The fourth-order valence-electron chi connectivity index (χ4n) is 3.09. The molecular weight excluding hydrogens is 353 g/mol. The minimum atomic E-state index is -0.251. The maximum Gasteiger partial charge on any atom is 0.271 e. The van der Waals surface area contributed by atoms with Gasteiger partial charge in [0.15, 0.2) is 0 Å². The van der Waals surface area contributed by atoms with E-state index in [9.17, 15) is 9.18 Å². The molecule has 0 saturated carbocycles. The molecule has 0 aliphatic carbocycles. The first-order chi connectivity index (χ1) is 13.7. The zero-order valence-corrected chi connectivity index (χ0v) is 15.0. The zero-order valence-electron chi connectivity index (χ0n) is 15.0. The van der Waals surface area contributed by atoms with Crippen molar-refractivity contribution in [2.45, 2.75) is 6.54 Å². The lowest BCUT2D eigenvalue weighted by Gasteiger charge is -2.06. The molecule has 0 unspecified atom stereocenters. The largest absolute Gasteiger partial charge is 0.343 e. The molecule has 0 bridgehead atoms. The van der Waals surface area contributed by atoms with Gasteiger partial charge in [-0.25, -0.2) is 9.82 Å². The molecule has 5 heteroatoms. The van der Waals surface area contributed by atoms with Crippen LogP contribution in [0.25, 0.3) is 10.9 Å². The lowest BCUT2D eigenvalue weighted by atomic mass is 10.1. The van der Waals surface area contributed by atoms with Gasteiger partial charge < -0.3 is 4.57 Å². The minimum absolute atomic E-state index is 0.231. The summed E-state index contributed by atoms with van der Waals surface area (Å²) in [5, 5.41) is 5.09. The van der Waals surface area contributed by atoms with E-state index in [1.807, 2.05) is 42.6 Å². The van der Waals surface area contributed by atoms with E-state index in [0.717, 1.165) is 22.0 Å². The number of halogens is 1. The number of hydrogen-bond donors (Lipinski definition) is 1. The first-order valence-electron chi connectivity index (χ1n) is 8.91. The normalized spacial score (nSPS) is 11.2. The van der Waals surface area contributed by atoms with Gasteiger partial charge in [0, 0.05) is 29.2 Å². The molecule has 138 valence electrons. The van der Waals surface area contributed by atoms with Crippen LogP contribution in [0.5, 0.6) is 0 Å². The van der Waals surface area contributed by atoms with Crippen LogP contribution in [0.2, 0.25) is 0 Å². The molecule has 4 aromatic rings. The first kappa shape index (κ1) is 17.7. The second-order valence-corrected chi connectivity index (χ2v) is 6.46. The van der Waals surface area contributed by atoms with E-state index in [0.29, 0.717) is 12.1 Å². The van der Waals surface area contributed by atoms with Gasteiger partial charge in [-0.2, -0.15) is 5.10 Å². The van der Waals surface area contributed by atoms with Crippen LogP contribution in [-0.2, 0) is 6.54 Å². The molecule has 0 fully saturated rings. The number of hydrazone groups is 1. The molecule has 0 spiro atoms. The number of nitrogens with one attached hydrogen (secondary N) is 1. The fraction of sp³-hybridized carbons (Fsp3) is 0.0435. The summed E-state index contributed by atoms with van der Waals surface area (Å²) in [5.41, 5.74) is 5.93. The summed E-state index contributed by atoms with van der Waals surface area (Å²) in [6.45, 7) is 0.599.